The van der Waals surface area contributed by atoms with E-state index in [2.05, 4.69) is 25.1 Å². The Labute approximate surface area is 241 Å². The number of benzene rings is 2. The number of anilines is 2. The van der Waals surface area contributed by atoms with Gasteiger partial charge in [-0.15, -0.1) is 0 Å². The Balaban J connectivity index is 1.26. The van der Waals surface area contributed by atoms with Gasteiger partial charge in [0.1, 0.15) is 35.6 Å². The number of nitrogens with two attached hydrogens (primary N) is 1. The van der Waals surface area contributed by atoms with E-state index in [1.807, 2.05) is 0 Å². The lowest BCUT2D eigenvalue weighted by Gasteiger charge is -2.34. The molecule has 0 radical (unpaired) electrons. The molecule has 0 aliphatic carbocycles. The van der Waals surface area contributed by atoms with E-state index in [-0.39, 0.29) is 34.8 Å². The fraction of sp³-hybridized carbons (Fsp3) is 0.452. The topological polar surface area (TPSA) is 92.4 Å². The number of hydrogen-bond donors (Lipinski definition) is 2. The van der Waals surface area contributed by atoms with Crippen LogP contribution < -0.4 is 20.7 Å². The zero-order chi connectivity index (χ0) is 28.6. The van der Waals surface area contributed by atoms with E-state index in [1.165, 1.54) is 12.1 Å². The molecule has 2 bridgehead atoms. The molecular formula is C31H32F3N7O. The van der Waals surface area contributed by atoms with Crippen molar-refractivity contribution in [2.75, 3.05) is 43.4 Å². The number of ether oxygens (including phenoxy) is 1. The Hall–Kier alpha value is -3.70. The number of rotatable bonds is 5. The minimum absolute atomic E-state index is 0.0440. The van der Waals surface area contributed by atoms with E-state index < -0.39 is 23.3 Å². The number of alkyl halides is 1. The normalized spacial score (nSPS) is 27.3. The molecule has 0 spiro atoms. The van der Waals surface area contributed by atoms with Crippen molar-refractivity contribution in [3.05, 3.63) is 48.2 Å². The van der Waals surface area contributed by atoms with Crippen LogP contribution in [-0.4, -0.2) is 76.4 Å². The zero-order valence-electron chi connectivity index (χ0n) is 23.1. The first-order valence-electron chi connectivity index (χ1n) is 14.7. The standard InChI is InChI=1S/C31H32F3N7O/c32-18-11-31(7-2-8-41(31)13-18)16-42-30-38-28-23(29(39-30)40-14-20-5-6-21(15-40)37-20)12-36-27(26(28)34)22-10-19(35)9-17-3-1-4-24(33)25(17)22/h1,3-4,9-10,12,18,20-21,37H,2,5-8,11,13-16,35H2/t18-,20?,21?,31+/m1/s1. The van der Waals surface area contributed by atoms with E-state index in [9.17, 15) is 4.39 Å². The van der Waals surface area contributed by atoms with Crippen LogP contribution in [0.3, 0.4) is 0 Å². The van der Waals surface area contributed by atoms with Gasteiger partial charge >= 0.3 is 6.01 Å². The summed E-state index contributed by atoms with van der Waals surface area (Å²) in [6.45, 7) is 2.92. The minimum atomic E-state index is -0.891. The summed E-state index contributed by atoms with van der Waals surface area (Å²) in [5, 5.41) is 4.87. The molecule has 2 aromatic heterocycles. The second-order valence-corrected chi connectivity index (χ2v) is 12.3. The molecule has 3 N–H and O–H groups in total. The molecule has 218 valence electrons. The minimum Gasteiger partial charge on any atom is -0.461 e. The third kappa shape index (κ3) is 4.16. The summed E-state index contributed by atoms with van der Waals surface area (Å²) < 4.78 is 52.3. The van der Waals surface area contributed by atoms with Crippen molar-refractivity contribution in [2.24, 2.45) is 0 Å². The Morgan fingerprint density at radius 1 is 1.10 bits per heavy atom. The highest BCUT2D eigenvalue weighted by Gasteiger charge is 2.49. The molecule has 4 atom stereocenters. The lowest BCUT2D eigenvalue weighted by atomic mass is 9.95. The van der Waals surface area contributed by atoms with Crippen LogP contribution in [0.25, 0.3) is 32.9 Å². The van der Waals surface area contributed by atoms with Crippen LogP contribution in [0.5, 0.6) is 6.01 Å². The van der Waals surface area contributed by atoms with Crippen molar-refractivity contribution in [3.63, 3.8) is 0 Å². The van der Waals surface area contributed by atoms with Gasteiger partial charge in [0.25, 0.3) is 0 Å². The summed E-state index contributed by atoms with van der Waals surface area (Å²) in [6.07, 6.45) is 5.05. The molecule has 42 heavy (non-hydrogen) atoms. The lowest BCUT2D eigenvalue weighted by molar-refractivity contribution is 0.107. The first-order chi connectivity index (χ1) is 20.4. The van der Waals surface area contributed by atoms with Crippen molar-refractivity contribution < 1.29 is 17.9 Å². The van der Waals surface area contributed by atoms with Crippen molar-refractivity contribution in [3.8, 4) is 17.3 Å². The van der Waals surface area contributed by atoms with Crippen LogP contribution in [0.15, 0.2) is 36.5 Å². The van der Waals surface area contributed by atoms with Crippen molar-refractivity contribution in [2.45, 2.75) is 55.9 Å². The number of pyridine rings is 1. The quantitative estimate of drug-likeness (QED) is 0.334. The number of hydrogen-bond acceptors (Lipinski definition) is 8. The van der Waals surface area contributed by atoms with Crippen molar-refractivity contribution in [1.82, 2.24) is 25.2 Å². The van der Waals surface area contributed by atoms with Gasteiger partial charge in [0, 0.05) is 61.0 Å². The SMILES string of the molecule is Nc1cc(-c2ncc3c(N4CC5CCC(C4)N5)nc(OC[C@@]45CCCN4C[C@H](F)C5)nc3c2F)c2c(F)cccc2c1. The number of piperazine rings is 1. The molecule has 2 unspecified atom stereocenters. The largest absolute Gasteiger partial charge is 0.461 e. The highest BCUT2D eigenvalue weighted by atomic mass is 19.1. The van der Waals surface area contributed by atoms with Crippen molar-refractivity contribution >= 4 is 33.2 Å². The highest BCUT2D eigenvalue weighted by molar-refractivity contribution is 6.01. The summed E-state index contributed by atoms with van der Waals surface area (Å²) >= 11 is 0. The molecule has 4 fully saturated rings. The first-order valence-corrected chi connectivity index (χ1v) is 14.7. The summed E-state index contributed by atoms with van der Waals surface area (Å²) in [6, 6.07) is 8.55. The maximum Gasteiger partial charge on any atom is 0.319 e. The van der Waals surface area contributed by atoms with Gasteiger partial charge in [-0.25, -0.2) is 13.2 Å². The van der Waals surface area contributed by atoms with Crippen LogP contribution in [0.4, 0.5) is 24.7 Å². The van der Waals surface area contributed by atoms with E-state index >= 15 is 8.78 Å². The third-order valence-corrected chi connectivity index (χ3v) is 9.59. The number of aromatic nitrogens is 3. The maximum absolute atomic E-state index is 16.6. The number of nitrogens with zero attached hydrogens (tertiary/aromatic N) is 5. The van der Waals surface area contributed by atoms with Gasteiger partial charge < -0.3 is 20.7 Å². The number of fused-ring (bicyclic) bond motifs is 5. The maximum atomic E-state index is 16.6. The average molecular weight is 576 g/mol. The summed E-state index contributed by atoms with van der Waals surface area (Å²) in [4.78, 5) is 18.2. The molecule has 4 saturated heterocycles. The summed E-state index contributed by atoms with van der Waals surface area (Å²) in [7, 11) is 0. The number of nitrogen functional groups attached to an aromatic ring is 1. The predicted molar refractivity (Wildman–Crippen MR) is 155 cm³/mol. The third-order valence-electron chi connectivity index (χ3n) is 9.59. The summed E-state index contributed by atoms with van der Waals surface area (Å²) in [5.41, 5.74) is 6.38. The van der Waals surface area contributed by atoms with Crippen LogP contribution in [-0.2, 0) is 0 Å². The van der Waals surface area contributed by atoms with Gasteiger partial charge in [0.05, 0.1) is 10.9 Å². The zero-order valence-corrected chi connectivity index (χ0v) is 23.1. The fourth-order valence-electron chi connectivity index (χ4n) is 7.72. The summed E-state index contributed by atoms with van der Waals surface area (Å²) in [5.74, 6) is -0.624. The molecule has 4 aliphatic heterocycles. The Morgan fingerprint density at radius 3 is 2.76 bits per heavy atom. The van der Waals surface area contributed by atoms with Gasteiger partial charge in [-0.1, -0.05) is 12.1 Å². The molecule has 0 amide bonds. The highest BCUT2D eigenvalue weighted by Crippen LogP contribution is 2.41. The van der Waals surface area contributed by atoms with Gasteiger partial charge in [-0.05, 0) is 55.8 Å². The number of halogens is 3. The van der Waals surface area contributed by atoms with E-state index in [0.717, 1.165) is 45.3 Å². The molecule has 4 aromatic rings. The van der Waals surface area contributed by atoms with Gasteiger partial charge in [-0.2, -0.15) is 9.97 Å². The smallest absolute Gasteiger partial charge is 0.319 e. The van der Waals surface area contributed by atoms with Crippen LogP contribution in [0.2, 0.25) is 0 Å². The average Bonchev–Trinajstić information content (AvgIpc) is 3.61. The molecule has 8 nitrogen and oxygen atoms in total. The van der Waals surface area contributed by atoms with Gasteiger partial charge in [-0.3, -0.25) is 9.88 Å². The predicted octanol–water partition coefficient (Wildman–Crippen LogP) is 4.60. The fourth-order valence-corrected chi connectivity index (χ4v) is 7.72. The second kappa shape index (κ2) is 9.67. The molecule has 4 aliphatic rings. The second-order valence-electron chi connectivity index (χ2n) is 12.3. The van der Waals surface area contributed by atoms with Gasteiger partial charge in [0.15, 0.2) is 5.82 Å². The van der Waals surface area contributed by atoms with Gasteiger partial charge in [0.2, 0.25) is 0 Å². The number of nitrogens with one attached hydrogen (secondary N) is 1. The Bertz CT molecular complexity index is 1710. The molecule has 6 heterocycles. The van der Waals surface area contributed by atoms with E-state index in [1.54, 1.807) is 24.4 Å². The molecule has 2 aromatic carbocycles. The lowest BCUT2D eigenvalue weighted by Crippen LogP contribution is -2.51. The van der Waals surface area contributed by atoms with Crippen LogP contribution in [0.1, 0.15) is 32.1 Å². The van der Waals surface area contributed by atoms with Crippen LogP contribution in [0, 0.1) is 11.6 Å². The van der Waals surface area contributed by atoms with E-state index in [4.69, 9.17) is 15.5 Å². The van der Waals surface area contributed by atoms with Crippen molar-refractivity contribution in [1.29, 1.82) is 0 Å². The monoisotopic (exact) mass is 575 g/mol. The molecule has 11 heteroatoms. The van der Waals surface area contributed by atoms with Crippen LogP contribution >= 0.6 is 0 Å². The first kappa shape index (κ1) is 26.0. The molecule has 8 rings (SSSR count). The van der Waals surface area contributed by atoms with E-state index in [0.29, 0.717) is 47.3 Å². The Morgan fingerprint density at radius 2 is 1.93 bits per heavy atom. The Kier molecular flexibility index (Phi) is 5.98. The molecule has 0 saturated carbocycles. The molecular weight excluding hydrogens is 543 g/mol.